The van der Waals surface area contributed by atoms with Gasteiger partial charge in [0.15, 0.2) is 0 Å². The van der Waals surface area contributed by atoms with Crippen molar-refractivity contribution in [1.29, 1.82) is 0 Å². The largest absolute Gasteiger partial charge is 0.492 e. The van der Waals surface area contributed by atoms with Crippen molar-refractivity contribution < 1.29 is 9.53 Å². The number of aromatic nitrogens is 1. The average Bonchev–Trinajstić information content (AvgIpc) is 3.05. The molecular weight excluding hydrogens is 350 g/mol. The van der Waals surface area contributed by atoms with Crippen LogP contribution in [0.1, 0.15) is 29.8 Å². The summed E-state index contributed by atoms with van der Waals surface area (Å²) in [5.41, 5.74) is 4.58. The molecule has 1 amide bonds. The minimum absolute atomic E-state index is 0.207. The van der Waals surface area contributed by atoms with Gasteiger partial charge in [-0.05, 0) is 50.1 Å². The number of anilines is 3. The molecule has 0 radical (unpaired) electrons. The SMILES string of the molecule is CCOc1ccccc1NC(=O)c1cncc(N2c3ccccc3CC2C)c1. The lowest BCUT2D eigenvalue weighted by atomic mass is 10.1. The van der Waals surface area contributed by atoms with Crippen LogP contribution in [0.3, 0.4) is 0 Å². The van der Waals surface area contributed by atoms with Crippen molar-refractivity contribution >= 4 is 23.0 Å². The quantitative estimate of drug-likeness (QED) is 0.697. The van der Waals surface area contributed by atoms with Gasteiger partial charge in [0.25, 0.3) is 5.91 Å². The van der Waals surface area contributed by atoms with E-state index in [2.05, 4.69) is 40.3 Å². The maximum atomic E-state index is 12.8. The van der Waals surface area contributed by atoms with E-state index in [0.717, 1.165) is 12.1 Å². The number of carbonyl (C=O) groups excluding carboxylic acids is 1. The summed E-state index contributed by atoms with van der Waals surface area (Å²) < 4.78 is 5.59. The molecule has 0 saturated heterocycles. The predicted molar refractivity (Wildman–Crippen MR) is 112 cm³/mol. The second kappa shape index (κ2) is 7.72. The third-order valence-corrected chi connectivity index (χ3v) is 4.91. The Balaban J connectivity index is 1.60. The highest BCUT2D eigenvalue weighted by molar-refractivity contribution is 6.05. The fraction of sp³-hybridized carbons (Fsp3) is 0.217. The number of ether oxygens (including phenoxy) is 1. The van der Waals surface area contributed by atoms with E-state index in [1.807, 2.05) is 49.5 Å². The number of benzene rings is 2. The summed E-state index contributed by atoms with van der Waals surface area (Å²) in [6, 6.07) is 18.0. The Hall–Kier alpha value is -3.34. The van der Waals surface area contributed by atoms with E-state index in [-0.39, 0.29) is 5.91 Å². The highest BCUT2D eigenvalue weighted by Crippen LogP contribution is 2.38. The molecule has 0 fully saturated rings. The van der Waals surface area contributed by atoms with Gasteiger partial charge in [0.2, 0.25) is 0 Å². The van der Waals surface area contributed by atoms with E-state index in [9.17, 15) is 4.79 Å². The fourth-order valence-corrected chi connectivity index (χ4v) is 3.69. The van der Waals surface area contributed by atoms with Gasteiger partial charge in [0, 0.05) is 17.9 Å². The van der Waals surface area contributed by atoms with Crippen LogP contribution in [0.5, 0.6) is 5.75 Å². The average molecular weight is 373 g/mol. The van der Waals surface area contributed by atoms with Crippen LogP contribution in [0, 0.1) is 0 Å². The molecule has 142 valence electrons. The number of fused-ring (bicyclic) bond motifs is 1. The van der Waals surface area contributed by atoms with Crippen LogP contribution >= 0.6 is 0 Å². The predicted octanol–water partition coefficient (Wildman–Crippen LogP) is 4.82. The molecule has 1 aliphatic rings. The summed E-state index contributed by atoms with van der Waals surface area (Å²) in [4.78, 5) is 19.4. The molecule has 5 heteroatoms. The van der Waals surface area contributed by atoms with E-state index in [4.69, 9.17) is 4.74 Å². The Morgan fingerprint density at radius 3 is 2.82 bits per heavy atom. The first-order valence-electron chi connectivity index (χ1n) is 9.52. The second-order valence-corrected chi connectivity index (χ2v) is 6.87. The lowest BCUT2D eigenvalue weighted by Crippen LogP contribution is -2.24. The summed E-state index contributed by atoms with van der Waals surface area (Å²) in [6.07, 6.45) is 4.38. The smallest absolute Gasteiger partial charge is 0.257 e. The van der Waals surface area contributed by atoms with Gasteiger partial charge >= 0.3 is 0 Å². The van der Waals surface area contributed by atoms with Crippen molar-refractivity contribution in [3.05, 3.63) is 78.1 Å². The zero-order valence-electron chi connectivity index (χ0n) is 16.1. The monoisotopic (exact) mass is 373 g/mol. The van der Waals surface area contributed by atoms with Crippen molar-refractivity contribution in [3.8, 4) is 5.75 Å². The third kappa shape index (κ3) is 3.43. The molecule has 0 bridgehead atoms. The van der Waals surface area contributed by atoms with Gasteiger partial charge in [-0.25, -0.2) is 0 Å². The van der Waals surface area contributed by atoms with Crippen LogP contribution in [0.25, 0.3) is 0 Å². The number of nitrogens with one attached hydrogen (secondary N) is 1. The molecule has 2 aromatic carbocycles. The van der Waals surface area contributed by atoms with E-state index in [1.54, 1.807) is 6.20 Å². The Morgan fingerprint density at radius 2 is 1.96 bits per heavy atom. The Labute approximate surface area is 165 Å². The molecule has 0 saturated carbocycles. The molecule has 1 N–H and O–H groups in total. The lowest BCUT2D eigenvalue weighted by molar-refractivity contribution is 0.102. The first-order chi connectivity index (χ1) is 13.7. The standard InChI is InChI=1S/C23H23N3O2/c1-3-28-22-11-7-5-9-20(22)25-23(27)18-13-19(15-24-14-18)26-16(2)12-17-8-4-6-10-21(17)26/h4-11,13-16H,3,12H2,1-2H3,(H,25,27). The lowest BCUT2D eigenvalue weighted by Gasteiger charge is -2.25. The number of hydrogen-bond donors (Lipinski definition) is 1. The number of rotatable bonds is 5. The van der Waals surface area contributed by atoms with Gasteiger partial charge in [0.1, 0.15) is 5.75 Å². The summed E-state index contributed by atoms with van der Waals surface area (Å²) in [7, 11) is 0. The van der Waals surface area contributed by atoms with E-state index < -0.39 is 0 Å². The molecule has 3 aromatic rings. The topological polar surface area (TPSA) is 54.5 Å². The van der Waals surface area contributed by atoms with Crippen molar-refractivity contribution in [2.75, 3.05) is 16.8 Å². The maximum Gasteiger partial charge on any atom is 0.257 e. The van der Waals surface area contributed by atoms with Crippen LogP contribution in [0.2, 0.25) is 0 Å². The van der Waals surface area contributed by atoms with Gasteiger partial charge in [-0.3, -0.25) is 9.78 Å². The second-order valence-electron chi connectivity index (χ2n) is 6.87. The first kappa shape index (κ1) is 18.0. The number of para-hydroxylation sites is 3. The molecular formula is C23H23N3O2. The van der Waals surface area contributed by atoms with Gasteiger partial charge in [-0.2, -0.15) is 0 Å². The molecule has 1 aromatic heterocycles. The molecule has 0 aliphatic carbocycles. The van der Waals surface area contributed by atoms with E-state index >= 15 is 0 Å². The zero-order valence-corrected chi connectivity index (χ0v) is 16.1. The Morgan fingerprint density at radius 1 is 1.18 bits per heavy atom. The van der Waals surface area contributed by atoms with Crippen molar-refractivity contribution in [3.63, 3.8) is 0 Å². The van der Waals surface area contributed by atoms with Crippen LogP contribution in [-0.4, -0.2) is 23.5 Å². The van der Waals surface area contributed by atoms with Crippen LogP contribution in [-0.2, 0) is 6.42 Å². The fourth-order valence-electron chi connectivity index (χ4n) is 3.69. The number of pyridine rings is 1. The summed E-state index contributed by atoms with van der Waals surface area (Å²) in [5, 5.41) is 2.94. The Kier molecular flexibility index (Phi) is 4.98. The molecule has 1 unspecified atom stereocenters. The molecule has 0 spiro atoms. The number of carbonyl (C=O) groups is 1. The van der Waals surface area contributed by atoms with Crippen molar-refractivity contribution in [1.82, 2.24) is 4.98 Å². The third-order valence-electron chi connectivity index (χ3n) is 4.91. The van der Waals surface area contributed by atoms with Gasteiger partial charge in [-0.1, -0.05) is 30.3 Å². The van der Waals surface area contributed by atoms with E-state index in [0.29, 0.717) is 29.6 Å². The molecule has 1 atom stereocenters. The molecule has 2 heterocycles. The van der Waals surface area contributed by atoms with Gasteiger partial charge in [0.05, 0.1) is 29.7 Å². The van der Waals surface area contributed by atoms with Crippen LogP contribution in [0.4, 0.5) is 17.1 Å². The molecule has 5 nitrogen and oxygen atoms in total. The van der Waals surface area contributed by atoms with Crippen LogP contribution < -0.4 is 15.0 Å². The van der Waals surface area contributed by atoms with Gasteiger partial charge < -0.3 is 15.0 Å². The number of amides is 1. The van der Waals surface area contributed by atoms with Gasteiger partial charge in [-0.15, -0.1) is 0 Å². The summed E-state index contributed by atoms with van der Waals surface area (Å²) in [6.45, 7) is 4.64. The Bertz CT molecular complexity index is 1000. The summed E-state index contributed by atoms with van der Waals surface area (Å²) >= 11 is 0. The zero-order chi connectivity index (χ0) is 19.5. The van der Waals surface area contributed by atoms with Crippen molar-refractivity contribution in [2.45, 2.75) is 26.3 Å². The highest BCUT2D eigenvalue weighted by Gasteiger charge is 2.27. The van der Waals surface area contributed by atoms with Crippen LogP contribution in [0.15, 0.2) is 67.0 Å². The minimum Gasteiger partial charge on any atom is -0.492 e. The molecule has 1 aliphatic heterocycles. The van der Waals surface area contributed by atoms with E-state index in [1.165, 1.54) is 11.3 Å². The molecule has 28 heavy (non-hydrogen) atoms. The number of nitrogens with zero attached hydrogens (tertiary/aromatic N) is 2. The van der Waals surface area contributed by atoms with Crippen molar-refractivity contribution in [2.24, 2.45) is 0 Å². The first-order valence-corrected chi connectivity index (χ1v) is 9.52. The highest BCUT2D eigenvalue weighted by atomic mass is 16.5. The minimum atomic E-state index is -0.207. The normalized spacial score (nSPS) is 15.2. The summed E-state index contributed by atoms with van der Waals surface area (Å²) in [5.74, 6) is 0.450. The number of hydrogen-bond acceptors (Lipinski definition) is 4. The maximum absolute atomic E-state index is 12.8. The molecule has 4 rings (SSSR count).